The first-order valence-corrected chi connectivity index (χ1v) is 8.62. The van der Waals surface area contributed by atoms with Crippen LogP contribution in [-0.4, -0.2) is 31.1 Å². The van der Waals surface area contributed by atoms with Crippen molar-refractivity contribution in [3.05, 3.63) is 35.9 Å². The van der Waals surface area contributed by atoms with Crippen LogP contribution in [0.5, 0.6) is 0 Å². The lowest BCUT2D eigenvalue weighted by Gasteiger charge is -2.36. The van der Waals surface area contributed by atoms with Gasteiger partial charge in [-0.05, 0) is 37.9 Å². The van der Waals surface area contributed by atoms with E-state index in [-0.39, 0.29) is 0 Å². The molecule has 0 aliphatic rings. The second-order valence-corrected chi connectivity index (χ2v) is 6.27. The fourth-order valence-electron chi connectivity index (χ4n) is 2.99. The Balaban J connectivity index is 2.87. The van der Waals surface area contributed by atoms with Gasteiger partial charge in [0.25, 0.3) is 0 Å². The van der Waals surface area contributed by atoms with Gasteiger partial charge < -0.3 is 10.2 Å². The molecule has 3 atom stereocenters. The first-order chi connectivity index (χ1) is 10.1. The van der Waals surface area contributed by atoms with E-state index in [1.807, 2.05) is 0 Å². The van der Waals surface area contributed by atoms with Crippen LogP contribution in [0.3, 0.4) is 0 Å². The average molecular weight is 290 g/mol. The Labute approximate surface area is 131 Å². The van der Waals surface area contributed by atoms with E-state index >= 15 is 0 Å². The zero-order valence-electron chi connectivity index (χ0n) is 14.6. The maximum absolute atomic E-state index is 3.77. The van der Waals surface area contributed by atoms with E-state index in [2.05, 4.69) is 75.3 Å². The molecule has 0 aromatic heterocycles. The van der Waals surface area contributed by atoms with Crippen LogP contribution in [0.2, 0.25) is 0 Å². The summed E-state index contributed by atoms with van der Waals surface area (Å²) in [5.74, 6) is 0.756. The Morgan fingerprint density at radius 2 is 1.71 bits per heavy atom. The molecule has 0 saturated heterocycles. The second-order valence-electron chi connectivity index (χ2n) is 6.27. The van der Waals surface area contributed by atoms with E-state index in [1.54, 1.807) is 0 Å². The molecular formula is C19H34N2. The molecule has 0 aliphatic carbocycles. The van der Waals surface area contributed by atoms with Crippen LogP contribution >= 0.6 is 0 Å². The molecule has 120 valence electrons. The molecule has 3 unspecified atom stereocenters. The summed E-state index contributed by atoms with van der Waals surface area (Å²) in [6.45, 7) is 11.4. The minimum Gasteiger partial charge on any atom is -0.309 e. The lowest BCUT2D eigenvalue weighted by atomic mass is 9.95. The van der Waals surface area contributed by atoms with E-state index in [0.717, 1.165) is 12.5 Å². The molecule has 0 saturated carbocycles. The van der Waals surface area contributed by atoms with Gasteiger partial charge in [0.1, 0.15) is 0 Å². The minimum absolute atomic E-state index is 0.421. The van der Waals surface area contributed by atoms with Crippen LogP contribution in [-0.2, 0) is 0 Å². The van der Waals surface area contributed by atoms with Crippen molar-refractivity contribution in [1.82, 2.24) is 10.2 Å². The third-order valence-electron chi connectivity index (χ3n) is 4.44. The maximum Gasteiger partial charge on any atom is 0.0477 e. The monoisotopic (exact) mass is 290 g/mol. The summed E-state index contributed by atoms with van der Waals surface area (Å²) in [6.07, 6.45) is 3.59. The van der Waals surface area contributed by atoms with Gasteiger partial charge in [0.2, 0.25) is 0 Å². The Kier molecular flexibility index (Phi) is 8.63. The number of hydrogen-bond donors (Lipinski definition) is 1. The molecule has 2 nitrogen and oxygen atoms in total. The molecule has 0 bridgehead atoms. The largest absolute Gasteiger partial charge is 0.309 e. The maximum atomic E-state index is 3.77. The van der Waals surface area contributed by atoms with Crippen LogP contribution in [0, 0.1) is 5.92 Å². The van der Waals surface area contributed by atoms with E-state index in [0.29, 0.717) is 12.1 Å². The fourth-order valence-corrected chi connectivity index (χ4v) is 2.99. The molecule has 0 fully saturated rings. The quantitative estimate of drug-likeness (QED) is 0.683. The van der Waals surface area contributed by atoms with E-state index in [9.17, 15) is 0 Å². The van der Waals surface area contributed by atoms with Crippen molar-refractivity contribution in [2.24, 2.45) is 5.92 Å². The molecule has 1 rings (SSSR count). The second kappa shape index (κ2) is 9.97. The van der Waals surface area contributed by atoms with Gasteiger partial charge >= 0.3 is 0 Å². The first kappa shape index (κ1) is 18.2. The van der Waals surface area contributed by atoms with Crippen LogP contribution in [0.1, 0.15) is 58.6 Å². The average Bonchev–Trinajstić information content (AvgIpc) is 2.51. The van der Waals surface area contributed by atoms with Gasteiger partial charge in [-0.25, -0.2) is 0 Å². The lowest BCUT2D eigenvalue weighted by Crippen LogP contribution is -2.44. The van der Waals surface area contributed by atoms with Crippen molar-refractivity contribution in [3.63, 3.8) is 0 Å². The van der Waals surface area contributed by atoms with Crippen molar-refractivity contribution in [2.75, 3.05) is 20.1 Å². The topological polar surface area (TPSA) is 15.3 Å². The predicted molar refractivity (Wildman–Crippen MR) is 93.6 cm³/mol. The summed E-state index contributed by atoms with van der Waals surface area (Å²) in [5, 5.41) is 3.77. The molecule has 0 aliphatic heterocycles. The Morgan fingerprint density at radius 3 is 2.24 bits per heavy atom. The van der Waals surface area contributed by atoms with Gasteiger partial charge in [-0.3, -0.25) is 0 Å². The standard InChI is InChI=1S/C19H34N2/c1-6-14-20-19(17-12-10-9-11-13-17)18(8-3)21(5)15-16(4)7-2/h9-13,16,18-20H,6-8,14-15H2,1-5H3. The van der Waals surface area contributed by atoms with Crippen molar-refractivity contribution >= 4 is 0 Å². The number of nitrogens with zero attached hydrogens (tertiary/aromatic N) is 1. The summed E-state index contributed by atoms with van der Waals surface area (Å²) in [4.78, 5) is 2.55. The summed E-state index contributed by atoms with van der Waals surface area (Å²) >= 11 is 0. The fraction of sp³-hybridized carbons (Fsp3) is 0.684. The molecule has 2 heteroatoms. The lowest BCUT2D eigenvalue weighted by molar-refractivity contribution is 0.163. The van der Waals surface area contributed by atoms with Crippen LogP contribution in [0.25, 0.3) is 0 Å². The van der Waals surface area contributed by atoms with E-state index in [4.69, 9.17) is 0 Å². The molecule has 1 aromatic carbocycles. The van der Waals surface area contributed by atoms with Gasteiger partial charge in [0.15, 0.2) is 0 Å². The Morgan fingerprint density at radius 1 is 1.05 bits per heavy atom. The number of benzene rings is 1. The summed E-state index contributed by atoms with van der Waals surface area (Å²) in [5.41, 5.74) is 1.41. The van der Waals surface area contributed by atoms with Gasteiger partial charge in [0, 0.05) is 18.6 Å². The van der Waals surface area contributed by atoms with Crippen LogP contribution in [0.4, 0.5) is 0 Å². The highest BCUT2D eigenvalue weighted by molar-refractivity contribution is 5.20. The van der Waals surface area contributed by atoms with Crippen LogP contribution in [0.15, 0.2) is 30.3 Å². The summed E-state index contributed by atoms with van der Waals surface area (Å²) < 4.78 is 0. The zero-order chi connectivity index (χ0) is 15.7. The van der Waals surface area contributed by atoms with Gasteiger partial charge in [-0.1, -0.05) is 64.4 Å². The van der Waals surface area contributed by atoms with Gasteiger partial charge in [-0.15, -0.1) is 0 Å². The predicted octanol–water partition coefficient (Wildman–Crippen LogP) is 4.48. The summed E-state index contributed by atoms with van der Waals surface area (Å²) in [7, 11) is 2.28. The number of hydrogen-bond acceptors (Lipinski definition) is 2. The molecule has 0 spiro atoms. The van der Waals surface area contributed by atoms with Crippen molar-refractivity contribution in [3.8, 4) is 0 Å². The smallest absolute Gasteiger partial charge is 0.0477 e. The molecule has 1 N–H and O–H groups in total. The van der Waals surface area contributed by atoms with Gasteiger partial charge in [-0.2, -0.15) is 0 Å². The van der Waals surface area contributed by atoms with Crippen LogP contribution < -0.4 is 5.32 Å². The summed E-state index contributed by atoms with van der Waals surface area (Å²) in [6, 6.07) is 11.9. The van der Waals surface area contributed by atoms with Gasteiger partial charge in [0.05, 0.1) is 0 Å². The SMILES string of the molecule is CCCNC(c1ccccc1)C(CC)N(C)CC(C)CC. The normalized spacial score (nSPS) is 15.9. The van der Waals surface area contributed by atoms with E-state index < -0.39 is 0 Å². The van der Waals surface area contributed by atoms with Crippen molar-refractivity contribution in [1.29, 1.82) is 0 Å². The molecule has 0 heterocycles. The zero-order valence-corrected chi connectivity index (χ0v) is 14.6. The van der Waals surface area contributed by atoms with Crippen molar-refractivity contribution in [2.45, 2.75) is 59.0 Å². The number of likely N-dealkylation sites (N-methyl/N-ethyl adjacent to an activating group) is 1. The molecule has 21 heavy (non-hydrogen) atoms. The number of nitrogens with one attached hydrogen (secondary N) is 1. The van der Waals surface area contributed by atoms with E-state index in [1.165, 1.54) is 31.4 Å². The third-order valence-corrected chi connectivity index (χ3v) is 4.44. The molecule has 0 radical (unpaired) electrons. The highest BCUT2D eigenvalue weighted by atomic mass is 15.2. The van der Waals surface area contributed by atoms with Crippen molar-refractivity contribution < 1.29 is 0 Å². The Bertz CT molecular complexity index is 363. The first-order valence-electron chi connectivity index (χ1n) is 8.62. The highest BCUT2D eigenvalue weighted by Gasteiger charge is 2.25. The Hall–Kier alpha value is -0.860. The third kappa shape index (κ3) is 5.80. The molecular weight excluding hydrogens is 256 g/mol. The molecule has 0 amide bonds. The minimum atomic E-state index is 0.421. The molecule has 1 aromatic rings. The number of rotatable bonds is 10. The highest BCUT2D eigenvalue weighted by Crippen LogP contribution is 2.24.